The quantitative estimate of drug-likeness (QED) is 0.516. The van der Waals surface area contributed by atoms with E-state index in [0.29, 0.717) is 41.9 Å². The SMILES string of the molecule is CC(C)[C@@H](C)/C=C/[C@@H](C)[C@@H]1CC[C@@H]2C3=C[C@H](O)[C@]4(O)C[C@H](O)CC[C@@]4(C)[C@H]3CC[C@]21C. The molecule has 0 spiro atoms. The van der Waals surface area contributed by atoms with Crippen molar-refractivity contribution in [2.24, 2.45) is 46.3 Å². The standard InChI is InChI=1S/C28H46O3/c1-17(2)18(3)7-8-19(4)22-9-10-23-21-15-25(30)28(31)16-20(29)11-14-27(28,6)24(21)12-13-26(22,23)5/h7-8,15,17-20,22-25,29-31H,9-14,16H2,1-6H3/b8-7+/t18-,19+,20+,22-,23+,24-,25-,26-,27-,28+/m0/s1. The van der Waals surface area contributed by atoms with Crippen LogP contribution in [0.2, 0.25) is 0 Å². The highest BCUT2D eigenvalue weighted by Gasteiger charge is 2.64. The van der Waals surface area contributed by atoms with E-state index < -0.39 is 17.8 Å². The smallest absolute Gasteiger partial charge is 0.102 e. The van der Waals surface area contributed by atoms with Crippen molar-refractivity contribution in [2.45, 2.75) is 104 Å². The Kier molecular flexibility index (Phi) is 6.06. The lowest BCUT2D eigenvalue weighted by Gasteiger charge is -2.62. The van der Waals surface area contributed by atoms with Crippen LogP contribution in [-0.2, 0) is 0 Å². The Bertz CT molecular complexity index is 741. The molecule has 3 nitrogen and oxygen atoms in total. The molecule has 0 aromatic heterocycles. The molecule has 4 aliphatic rings. The molecular formula is C28H46O3. The highest BCUT2D eigenvalue weighted by molar-refractivity contribution is 5.33. The Hall–Kier alpha value is -0.640. The minimum absolute atomic E-state index is 0.271. The van der Waals surface area contributed by atoms with Gasteiger partial charge in [-0.25, -0.2) is 0 Å². The number of hydrogen-bond acceptors (Lipinski definition) is 3. The van der Waals surface area contributed by atoms with Crippen LogP contribution >= 0.6 is 0 Å². The van der Waals surface area contributed by atoms with Crippen molar-refractivity contribution in [3.63, 3.8) is 0 Å². The van der Waals surface area contributed by atoms with Crippen LogP contribution < -0.4 is 0 Å². The number of hydrogen-bond donors (Lipinski definition) is 3. The third kappa shape index (κ3) is 3.49. The van der Waals surface area contributed by atoms with Crippen molar-refractivity contribution in [1.29, 1.82) is 0 Å². The van der Waals surface area contributed by atoms with Gasteiger partial charge in [-0.3, -0.25) is 0 Å². The highest BCUT2D eigenvalue weighted by atomic mass is 16.3. The maximum Gasteiger partial charge on any atom is 0.102 e. The fourth-order valence-corrected chi connectivity index (χ4v) is 8.16. The molecule has 0 heterocycles. The maximum absolute atomic E-state index is 11.6. The third-order valence-electron chi connectivity index (χ3n) is 10.7. The summed E-state index contributed by atoms with van der Waals surface area (Å²) in [5.41, 5.74) is 0.160. The van der Waals surface area contributed by atoms with Crippen molar-refractivity contribution in [1.82, 2.24) is 0 Å². The van der Waals surface area contributed by atoms with Crippen molar-refractivity contribution >= 4 is 0 Å². The maximum atomic E-state index is 11.6. The molecule has 176 valence electrons. The zero-order valence-corrected chi connectivity index (χ0v) is 20.6. The number of fused-ring (bicyclic) bond motifs is 5. The van der Waals surface area contributed by atoms with E-state index in [4.69, 9.17) is 0 Å². The molecule has 4 rings (SSSR count). The molecule has 10 atom stereocenters. The van der Waals surface area contributed by atoms with Crippen LogP contribution in [0.25, 0.3) is 0 Å². The van der Waals surface area contributed by atoms with Gasteiger partial charge in [0, 0.05) is 11.8 Å². The zero-order valence-electron chi connectivity index (χ0n) is 20.6. The van der Waals surface area contributed by atoms with E-state index in [1.807, 2.05) is 6.08 Å². The molecule has 0 radical (unpaired) electrons. The molecule has 0 aliphatic heterocycles. The Labute approximate surface area is 190 Å². The second-order valence-electron chi connectivity index (χ2n) is 12.5. The summed E-state index contributed by atoms with van der Waals surface area (Å²) in [6.07, 6.45) is 12.1. The Morgan fingerprint density at radius 1 is 0.935 bits per heavy atom. The van der Waals surface area contributed by atoms with Crippen LogP contribution in [-0.4, -0.2) is 33.1 Å². The molecule has 3 N–H and O–H groups in total. The first-order valence-corrected chi connectivity index (χ1v) is 12.9. The van der Waals surface area contributed by atoms with Crippen LogP contribution in [0.5, 0.6) is 0 Å². The van der Waals surface area contributed by atoms with Gasteiger partial charge in [-0.15, -0.1) is 0 Å². The van der Waals surface area contributed by atoms with Crippen molar-refractivity contribution in [2.75, 3.05) is 0 Å². The summed E-state index contributed by atoms with van der Waals surface area (Å²) in [5, 5.41) is 32.9. The fourth-order valence-electron chi connectivity index (χ4n) is 8.16. The molecule has 31 heavy (non-hydrogen) atoms. The predicted molar refractivity (Wildman–Crippen MR) is 126 cm³/mol. The number of allylic oxidation sites excluding steroid dienone is 3. The normalized spacial score (nSPS) is 49.4. The average Bonchev–Trinajstić information content (AvgIpc) is 3.05. The van der Waals surface area contributed by atoms with E-state index in [2.05, 4.69) is 53.7 Å². The van der Waals surface area contributed by atoms with Gasteiger partial charge in [0.05, 0.1) is 6.10 Å². The van der Waals surface area contributed by atoms with E-state index in [1.54, 1.807) is 0 Å². The fraction of sp³-hybridized carbons (Fsp3) is 0.857. The summed E-state index contributed by atoms with van der Waals surface area (Å²) < 4.78 is 0. The number of aliphatic hydroxyl groups is 3. The Morgan fingerprint density at radius 2 is 1.65 bits per heavy atom. The highest BCUT2D eigenvalue weighted by Crippen LogP contribution is 2.67. The van der Waals surface area contributed by atoms with Gasteiger partial charge in [-0.1, -0.05) is 65.3 Å². The molecular weight excluding hydrogens is 384 g/mol. The van der Waals surface area contributed by atoms with E-state index >= 15 is 0 Å². The molecule has 0 aromatic rings. The van der Waals surface area contributed by atoms with Crippen molar-refractivity contribution in [3.8, 4) is 0 Å². The van der Waals surface area contributed by atoms with Gasteiger partial charge in [0.15, 0.2) is 0 Å². The van der Waals surface area contributed by atoms with Crippen molar-refractivity contribution in [3.05, 3.63) is 23.8 Å². The average molecular weight is 431 g/mol. The van der Waals surface area contributed by atoms with Crippen LogP contribution in [0.4, 0.5) is 0 Å². The molecule has 0 unspecified atom stereocenters. The topological polar surface area (TPSA) is 60.7 Å². The first-order valence-electron chi connectivity index (χ1n) is 12.9. The summed E-state index contributed by atoms with van der Waals surface area (Å²) in [6, 6.07) is 0. The van der Waals surface area contributed by atoms with Crippen LogP contribution in [0.1, 0.15) is 86.5 Å². The lowest BCUT2D eigenvalue weighted by atomic mass is 9.45. The molecule has 0 aromatic carbocycles. The summed E-state index contributed by atoms with van der Waals surface area (Å²) >= 11 is 0. The van der Waals surface area contributed by atoms with Gasteiger partial charge in [0.2, 0.25) is 0 Å². The summed E-state index contributed by atoms with van der Waals surface area (Å²) in [4.78, 5) is 0. The summed E-state index contributed by atoms with van der Waals surface area (Å²) in [7, 11) is 0. The number of rotatable bonds is 4. The predicted octanol–water partition coefficient (Wildman–Crippen LogP) is 5.50. The largest absolute Gasteiger partial charge is 0.393 e. The molecule has 4 aliphatic carbocycles. The lowest BCUT2D eigenvalue weighted by Crippen LogP contribution is -2.65. The lowest BCUT2D eigenvalue weighted by molar-refractivity contribution is -0.210. The van der Waals surface area contributed by atoms with Gasteiger partial charge < -0.3 is 15.3 Å². The second kappa shape index (κ2) is 7.99. The minimum atomic E-state index is -1.20. The van der Waals surface area contributed by atoms with Gasteiger partial charge in [-0.2, -0.15) is 0 Å². The van der Waals surface area contributed by atoms with Gasteiger partial charge in [0.25, 0.3) is 0 Å². The minimum Gasteiger partial charge on any atom is -0.393 e. The molecule has 0 amide bonds. The Balaban J connectivity index is 1.61. The van der Waals surface area contributed by atoms with Gasteiger partial charge in [-0.05, 0) is 79.4 Å². The number of aliphatic hydroxyl groups excluding tert-OH is 2. The van der Waals surface area contributed by atoms with Crippen LogP contribution in [0.15, 0.2) is 23.8 Å². The van der Waals surface area contributed by atoms with Crippen molar-refractivity contribution < 1.29 is 15.3 Å². The van der Waals surface area contributed by atoms with Crippen LogP contribution in [0, 0.1) is 46.3 Å². The molecule has 3 saturated carbocycles. The molecule has 3 heteroatoms. The van der Waals surface area contributed by atoms with Gasteiger partial charge >= 0.3 is 0 Å². The zero-order chi connectivity index (χ0) is 22.8. The van der Waals surface area contributed by atoms with Crippen LogP contribution in [0.3, 0.4) is 0 Å². The monoisotopic (exact) mass is 430 g/mol. The third-order valence-corrected chi connectivity index (χ3v) is 10.7. The molecule has 3 fully saturated rings. The summed E-state index contributed by atoms with van der Waals surface area (Å²) in [6.45, 7) is 14.0. The van der Waals surface area contributed by atoms with E-state index in [1.165, 1.54) is 24.8 Å². The first-order chi connectivity index (χ1) is 14.4. The van der Waals surface area contributed by atoms with Gasteiger partial charge in [0.1, 0.15) is 11.7 Å². The first kappa shape index (κ1) is 23.5. The molecule has 0 saturated heterocycles. The van der Waals surface area contributed by atoms with E-state index in [0.717, 1.165) is 19.3 Å². The molecule has 0 bridgehead atoms. The second-order valence-corrected chi connectivity index (χ2v) is 12.5. The summed E-state index contributed by atoms with van der Waals surface area (Å²) in [5.74, 6) is 3.37. The Morgan fingerprint density at radius 3 is 2.32 bits per heavy atom. The van der Waals surface area contributed by atoms with E-state index in [9.17, 15) is 15.3 Å². The van der Waals surface area contributed by atoms with E-state index in [-0.39, 0.29) is 10.8 Å².